The van der Waals surface area contributed by atoms with Gasteiger partial charge in [0, 0.05) is 5.54 Å². The summed E-state index contributed by atoms with van der Waals surface area (Å²) < 4.78 is 4.38. The number of hydrogen-bond donors (Lipinski definition) is 1. The van der Waals surface area contributed by atoms with E-state index in [1.165, 1.54) is 50.1 Å². The summed E-state index contributed by atoms with van der Waals surface area (Å²) in [5.74, 6) is 0.864. The standard InChI is InChI=1S/C17H23N3S/c1-11-13(7-18)14(21-20-11)19-17-6-12-4-15(2,9-17)8-16(3,5-12)10-17/h12,19H,4-6,8-10H2,1-3H3. The predicted octanol–water partition coefficient (Wildman–Crippen LogP) is 4.48. The quantitative estimate of drug-likeness (QED) is 0.876. The van der Waals surface area contributed by atoms with Crippen LogP contribution in [0.15, 0.2) is 0 Å². The number of nitrogens with one attached hydrogen (secondary N) is 1. The molecule has 112 valence electrons. The highest BCUT2D eigenvalue weighted by Gasteiger charge is 2.60. The van der Waals surface area contributed by atoms with Crippen molar-refractivity contribution in [2.45, 2.75) is 64.8 Å². The van der Waals surface area contributed by atoms with Crippen molar-refractivity contribution in [1.29, 1.82) is 5.26 Å². The van der Waals surface area contributed by atoms with Crippen LogP contribution >= 0.6 is 11.5 Å². The summed E-state index contributed by atoms with van der Waals surface area (Å²) in [6.07, 6.45) is 7.98. The minimum Gasteiger partial charge on any atom is -0.369 e. The molecule has 2 unspecified atom stereocenters. The van der Waals surface area contributed by atoms with E-state index < -0.39 is 0 Å². The molecule has 0 radical (unpaired) electrons. The van der Waals surface area contributed by atoms with Crippen LogP contribution in [0.25, 0.3) is 0 Å². The number of aryl methyl sites for hydroxylation is 1. The van der Waals surface area contributed by atoms with Crippen LogP contribution in [-0.2, 0) is 0 Å². The summed E-state index contributed by atoms with van der Waals surface area (Å²) in [4.78, 5) is 0. The Kier molecular flexibility index (Phi) is 2.59. The third-order valence-corrected chi connectivity index (χ3v) is 6.83. The largest absolute Gasteiger partial charge is 0.369 e. The number of hydrogen-bond acceptors (Lipinski definition) is 4. The molecule has 21 heavy (non-hydrogen) atoms. The van der Waals surface area contributed by atoms with Gasteiger partial charge in [0.2, 0.25) is 0 Å². The lowest BCUT2D eigenvalue weighted by atomic mass is 9.43. The van der Waals surface area contributed by atoms with E-state index in [1.807, 2.05) is 6.92 Å². The summed E-state index contributed by atoms with van der Waals surface area (Å²) >= 11 is 1.46. The zero-order valence-corrected chi connectivity index (χ0v) is 13.9. The Morgan fingerprint density at radius 1 is 1.19 bits per heavy atom. The lowest BCUT2D eigenvalue weighted by Crippen LogP contribution is -2.61. The Morgan fingerprint density at radius 2 is 1.86 bits per heavy atom. The Morgan fingerprint density at radius 3 is 2.43 bits per heavy atom. The number of anilines is 1. The zero-order chi connectivity index (χ0) is 14.9. The van der Waals surface area contributed by atoms with Crippen molar-refractivity contribution in [2.75, 3.05) is 5.32 Å². The molecule has 4 aliphatic carbocycles. The van der Waals surface area contributed by atoms with Crippen molar-refractivity contribution in [3.8, 4) is 6.07 Å². The summed E-state index contributed by atoms with van der Waals surface area (Å²) in [5.41, 5.74) is 2.81. The summed E-state index contributed by atoms with van der Waals surface area (Å²) in [6.45, 7) is 6.90. The molecule has 2 atom stereocenters. The van der Waals surface area contributed by atoms with E-state index >= 15 is 0 Å². The molecule has 3 nitrogen and oxygen atoms in total. The summed E-state index contributed by atoms with van der Waals surface area (Å²) in [7, 11) is 0. The first-order valence-electron chi connectivity index (χ1n) is 7.99. The SMILES string of the molecule is Cc1nsc(NC23CC4CC(C)(CC(C)(C4)C2)C3)c1C#N. The third-order valence-electron chi connectivity index (χ3n) is 5.98. The van der Waals surface area contributed by atoms with Crippen LogP contribution in [0.4, 0.5) is 5.00 Å². The van der Waals surface area contributed by atoms with Crippen LogP contribution in [0.2, 0.25) is 0 Å². The minimum absolute atomic E-state index is 0.202. The molecule has 1 N–H and O–H groups in total. The maximum atomic E-state index is 9.38. The molecule has 4 heteroatoms. The molecule has 0 saturated heterocycles. The maximum Gasteiger partial charge on any atom is 0.128 e. The fourth-order valence-corrected chi connectivity index (χ4v) is 7.28. The molecule has 0 aliphatic heterocycles. The van der Waals surface area contributed by atoms with Gasteiger partial charge in [-0.25, -0.2) is 0 Å². The number of nitrogens with zero attached hydrogens (tertiary/aromatic N) is 2. The van der Waals surface area contributed by atoms with Crippen molar-refractivity contribution >= 4 is 16.5 Å². The van der Waals surface area contributed by atoms with Crippen LogP contribution < -0.4 is 5.32 Å². The normalized spacial score (nSPS) is 43.8. The van der Waals surface area contributed by atoms with Gasteiger partial charge in [0.15, 0.2) is 0 Å². The molecule has 1 aromatic heterocycles. The van der Waals surface area contributed by atoms with Crippen molar-refractivity contribution < 1.29 is 0 Å². The molecule has 4 bridgehead atoms. The second-order valence-electron chi connectivity index (χ2n) is 8.62. The van der Waals surface area contributed by atoms with Gasteiger partial charge in [-0.1, -0.05) is 13.8 Å². The van der Waals surface area contributed by atoms with E-state index in [9.17, 15) is 5.26 Å². The number of rotatable bonds is 2. The topological polar surface area (TPSA) is 48.7 Å². The van der Waals surface area contributed by atoms with Gasteiger partial charge in [0.1, 0.15) is 16.6 Å². The monoisotopic (exact) mass is 301 g/mol. The van der Waals surface area contributed by atoms with Crippen molar-refractivity contribution in [1.82, 2.24) is 4.37 Å². The van der Waals surface area contributed by atoms with Crippen molar-refractivity contribution in [2.24, 2.45) is 16.7 Å². The fraction of sp³-hybridized carbons (Fsp3) is 0.765. The molecule has 4 fully saturated rings. The molecule has 1 aromatic rings. The average molecular weight is 301 g/mol. The lowest BCUT2D eigenvalue weighted by Gasteiger charge is -2.65. The van der Waals surface area contributed by atoms with Crippen LogP contribution in [0.3, 0.4) is 0 Å². The molecule has 5 rings (SSSR count). The number of aromatic nitrogens is 1. The highest BCUT2D eigenvalue weighted by Crippen LogP contribution is 2.67. The van der Waals surface area contributed by atoms with E-state index in [0.29, 0.717) is 10.8 Å². The van der Waals surface area contributed by atoms with Gasteiger partial charge in [0.25, 0.3) is 0 Å². The first-order valence-corrected chi connectivity index (χ1v) is 8.76. The van der Waals surface area contributed by atoms with E-state index in [2.05, 4.69) is 29.6 Å². The van der Waals surface area contributed by atoms with Gasteiger partial charge >= 0.3 is 0 Å². The highest BCUT2D eigenvalue weighted by molar-refractivity contribution is 7.10. The lowest BCUT2D eigenvalue weighted by molar-refractivity contribution is -0.0972. The Labute approximate surface area is 130 Å². The van der Waals surface area contributed by atoms with E-state index in [1.54, 1.807) is 0 Å². The highest BCUT2D eigenvalue weighted by atomic mass is 32.1. The van der Waals surface area contributed by atoms with Gasteiger partial charge in [-0.15, -0.1) is 0 Å². The third kappa shape index (κ3) is 2.01. The van der Waals surface area contributed by atoms with E-state index in [-0.39, 0.29) is 5.54 Å². The Hall–Kier alpha value is -1.08. The molecule has 0 amide bonds. The maximum absolute atomic E-state index is 9.38. The molecular formula is C17H23N3S. The molecule has 4 saturated carbocycles. The smallest absolute Gasteiger partial charge is 0.128 e. The molecule has 1 heterocycles. The van der Waals surface area contributed by atoms with E-state index in [0.717, 1.165) is 22.2 Å². The van der Waals surface area contributed by atoms with Crippen LogP contribution in [0.5, 0.6) is 0 Å². The molecule has 0 aromatic carbocycles. The summed E-state index contributed by atoms with van der Waals surface area (Å²) in [6, 6.07) is 2.33. The summed E-state index contributed by atoms with van der Waals surface area (Å²) in [5, 5.41) is 14.2. The average Bonchev–Trinajstić information content (AvgIpc) is 2.64. The fourth-order valence-electron chi connectivity index (χ4n) is 6.41. The Bertz CT molecular complexity index is 623. The van der Waals surface area contributed by atoms with Gasteiger partial charge in [0.05, 0.1) is 5.69 Å². The number of nitriles is 1. The van der Waals surface area contributed by atoms with Crippen LogP contribution in [-0.4, -0.2) is 9.91 Å². The van der Waals surface area contributed by atoms with Crippen molar-refractivity contribution in [3.63, 3.8) is 0 Å². The molecule has 4 aliphatic rings. The van der Waals surface area contributed by atoms with Crippen molar-refractivity contribution in [3.05, 3.63) is 11.3 Å². The minimum atomic E-state index is 0.202. The van der Waals surface area contributed by atoms with Crippen LogP contribution in [0, 0.1) is 35.0 Å². The molecular weight excluding hydrogens is 278 g/mol. The predicted molar refractivity (Wildman–Crippen MR) is 85.3 cm³/mol. The second-order valence-corrected chi connectivity index (χ2v) is 9.39. The van der Waals surface area contributed by atoms with Gasteiger partial charge in [-0.3, -0.25) is 0 Å². The molecule has 0 spiro atoms. The first-order chi connectivity index (χ1) is 9.84. The van der Waals surface area contributed by atoms with E-state index in [4.69, 9.17) is 0 Å². The Balaban J connectivity index is 1.70. The first kappa shape index (κ1) is 13.6. The van der Waals surface area contributed by atoms with Gasteiger partial charge < -0.3 is 5.32 Å². The zero-order valence-electron chi connectivity index (χ0n) is 13.1. The van der Waals surface area contributed by atoms with Gasteiger partial charge in [-0.2, -0.15) is 9.64 Å². The second kappa shape index (κ2) is 4.01. The van der Waals surface area contributed by atoms with Crippen LogP contribution in [0.1, 0.15) is 63.6 Å². The van der Waals surface area contributed by atoms with Gasteiger partial charge in [-0.05, 0) is 73.7 Å².